The van der Waals surface area contributed by atoms with Crippen molar-refractivity contribution >= 4 is 17.7 Å². The third kappa shape index (κ3) is 4.90. The molecule has 0 spiro atoms. The summed E-state index contributed by atoms with van der Waals surface area (Å²) in [5.41, 5.74) is 1.09. The van der Waals surface area contributed by atoms with E-state index < -0.39 is 10.8 Å². The summed E-state index contributed by atoms with van der Waals surface area (Å²) >= 11 is 0. The Kier molecular flexibility index (Phi) is 6.29. The van der Waals surface area contributed by atoms with Gasteiger partial charge in [-0.3, -0.25) is 14.9 Å². The van der Waals surface area contributed by atoms with E-state index in [9.17, 15) is 20.2 Å². The van der Waals surface area contributed by atoms with Gasteiger partial charge in [-0.25, -0.2) is 0 Å². The summed E-state index contributed by atoms with van der Waals surface area (Å²) < 4.78 is 0. The summed E-state index contributed by atoms with van der Waals surface area (Å²) in [7, 11) is 0. The minimum atomic E-state index is -0.430. The van der Waals surface area contributed by atoms with E-state index >= 15 is 0 Å². The van der Waals surface area contributed by atoms with E-state index in [1.54, 1.807) is 12.1 Å². The predicted octanol–water partition coefficient (Wildman–Crippen LogP) is 4.07. The Balaban J connectivity index is 2.23. The topological polar surface area (TPSA) is 96.0 Å². The Morgan fingerprint density at radius 3 is 2.60 bits per heavy atom. The number of nitro benzene ring substituents is 1. The first-order chi connectivity index (χ1) is 11.9. The molecular weight excluding hydrogens is 318 g/mol. The standard InChI is InChI=1S/C19H23N3O3/c1-13(2)17-9-8-14(11-18(17)22(24)25)10-15(12-20)19(23)21-16-6-4-3-5-7-16/h8-11,13,16H,3-7H2,1-2H3,(H,21,23)/b15-10+. The number of nitriles is 1. The van der Waals surface area contributed by atoms with Crippen LogP contribution in [0.1, 0.15) is 63.0 Å². The van der Waals surface area contributed by atoms with E-state index in [2.05, 4.69) is 5.32 Å². The number of hydrogen-bond acceptors (Lipinski definition) is 4. The highest BCUT2D eigenvalue weighted by molar-refractivity contribution is 6.01. The molecule has 1 aliphatic carbocycles. The maximum atomic E-state index is 12.3. The quantitative estimate of drug-likeness (QED) is 0.378. The van der Waals surface area contributed by atoms with Crippen LogP contribution >= 0.6 is 0 Å². The summed E-state index contributed by atoms with van der Waals surface area (Å²) in [6, 6.07) is 6.81. The van der Waals surface area contributed by atoms with Crippen LogP contribution in [0.15, 0.2) is 23.8 Å². The molecule has 0 aromatic heterocycles. The van der Waals surface area contributed by atoms with Gasteiger partial charge in [-0.2, -0.15) is 5.26 Å². The summed E-state index contributed by atoms with van der Waals surface area (Å²) in [5, 5.41) is 23.5. The van der Waals surface area contributed by atoms with E-state index in [1.165, 1.54) is 18.6 Å². The predicted molar refractivity (Wildman–Crippen MR) is 95.8 cm³/mol. The number of nitrogens with zero attached hydrogens (tertiary/aromatic N) is 2. The maximum absolute atomic E-state index is 12.3. The van der Waals surface area contributed by atoms with Gasteiger partial charge in [-0.05, 0) is 30.4 Å². The van der Waals surface area contributed by atoms with Gasteiger partial charge in [0, 0.05) is 17.7 Å². The van der Waals surface area contributed by atoms with Crippen LogP contribution < -0.4 is 5.32 Å². The lowest BCUT2D eigenvalue weighted by Gasteiger charge is -2.22. The van der Waals surface area contributed by atoms with Crippen LogP contribution in [0.4, 0.5) is 5.69 Å². The second-order valence-corrected chi connectivity index (χ2v) is 6.71. The van der Waals surface area contributed by atoms with Gasteiger partial charge in [0.05, 0.1) is 4.92 Å². The minimum absolute atomic E-state index is 0.00808. The largest absolute Gasteiger partial charge is 0.349 e. The molecule has 2 rings (SSSR count). The molecule has 132 valence electrons. The van der Waals surface area contributed by atoms with Crippen LogP contribution in [0.5, 0.6) is 0 Å². The van der Waals surface area contributed by atoms with Crippen LogP contribution in [-0.2, 0) is 4.79 Å². The molecule has 1 N–H and O–H groups in total. The molecule has 1 fully saturated rings. The van der Waals surface area contributed by atoms with Crippen LogP contribution in [0.3, 0.4) is 0 Å². The summed E-state index contributed by atoms with van der Waals surface area (Å²) in [6.07, 6.45) is 6.62. The average Bonchev–Trinajstić information content (AvgIpc) is 2.60. The Morgan fingerprint density at radius 1 is 1.36 bits per heavy atom. The molecule has 0 radical (unpaired) electrons. The van der Waals surface area contributed by atoms with Crippen molar-refractivity contribution in [2.24, 2.45) is 0 Å². The number of hydrogen-bond donors (Lipinski definition) is 1. The van der Waals surface area contributed by atoms with Gasteiger partial charge in [0.2, 0.25) is 0 Å². The first-order valence-corrected chi connectivity index (χ1v) is 8.63. The van der Waals surface area contributed by atoms with Crippen molar-refractivity contribution in [2.45, 2.75) is 57.9 Å². The zero-order valence-corrected chi connectivity index (χ0v) is 14.6. The molecule has 0 heterocycles. The number of rotatable bonds is 5. The number of carbonyl (C=O) groups excluding carboxylic acids is 1. The molecule has 0 aliphatic heterocycles. The third-order valence-corrected chi connectivity index (χ3v) is 4.49. The van der Waals surface area contributed by atoms with Crippen LogP contribution in [0.25, 0.3) is 6.08 Å². The Hall–Kier alpha value is -2.68. The van der Waals surface area contributed by atoms with Gasteiger partial charge in [-0.1, -0.05) is 45.2 Å². The first-order valence-electron chi connectivity index (χ1n) is 8.63. The van der Waals surface area contributed by atoms with Crippen molar-refractivity contribution in [2.75, 3.05) is 0 Å². The summed E-state index contributed by atoms with van der Waals surface area (Å²) in [5.74, 6) is -0.395. The molecule has 0 saturated heterocycles. The Bertz CT molecular complexity index is 726. The van der Waals surface area contributed by atoms with Crippen LogP contribution in [0.2, 0.25) is 0 Å². The van der Waals surface area contributed by atoms with Gasteiger partial charge >= 0.3 is 0 Å². The Morgan fingerprint density at radius 2 is 2.04 bits per heavy atom. The lowest BCUT2D eigenvalue weighted by molar-refractivity contribution is -0.385. The molecule has 0 unspecified atom stereocenters. The van der Waals surface area contributed by atoms with E-state index in [0.717, 1.165) is 25.7 Å². The van der Waals surface area contributed by atoms with Gasteiger partial charge in [0.1, 0.15) is 11.6 Å². The van der Waals surface area contributed by atoms with Crippen LogP contribution in [0, 0.1) is 21.4 Å². The fraction of sp³-hybridized carbons (Fsp3) is 0.474. The number of nitrogens with one attached hydrogen (secondary N) is 1. The molecule has 25 heavy (non-hydrogen) atoms. The van der Waals surface area contributed by atoms with Crippen LogP contribution in [-0.4, -0.2) is 16.9 Å². The van der Waals surface area contributed by atoms with Crippen molar-refractivity contribution < 1.29 is 9.72 Å². The molecule has 1 aromatic carbocycles. The molecule has 1 saturated carbocycles. The molecule has 1 aromatic rings. The number of amides is 1. The van der Waals surface area contributed by atoms with Gasteiger partial charge in [0.15, 0.2) is 0 Å². The van der Waals surface area contributed by atoms with Gasteiger partial charge in [0.25, 0.3) is 11.6 Å². The average molecular weight is 341 g/mol. The minimum Gasteiger partial charge on any atom is -0.349 e. The fourth-order valence-electron chi connectivity index (χ4n) is 3.12. The molecular formula is C19H23N3O3. The maximum Gasteiger partial charge on any atom is 0.273 e. The number of benzene rings is 1. The Labute approximate surface area is 147 Å². The van der Waals surface area contributed by atoms with Crippen molar-refractivity contribution in [3.63, 3.8) is 0 Å². The highest BCUT2D eigenvalue weighted by atomic mass is 16.6. The van der Waals surface area contributed by atoms with E-state index in [0.29, 0.717) is 11.1 Å². The monoisotopic (exact) mass is 341 g/mol. The lowest BCUT2D eigenvalue weighted by Crippen LogP contribution is -2.36. The molecule has 0 bridgehead atoms. The zero-order chi connectivity index (χ0) is 18.4. The first kappa shape index (κ1) is 18.7. The molecule has 1 amide bonds. The summed E-state index contributed by atoms with van der Waals surface area (Å²) in [4.78, 5) is 23.1. The molecule has 6 nitrogen and oxygen atoms in total. The van der Waals surface area contributed by atoms with E-state index in [4.69, 9.17) is 0 Å². The van der Waals surface area contributed by atoms with Crippen molar-refractivity contribution in [1.29, 1.82) is 5.26 Å². The van der Waals surface area contributed by atoms with Crippen molar-refractivity contribution in [3.05, 3.63) is 45.0 Å². The van der Waals surface area contributed by atoms with E-state index in [-0.39, 0.29) is 23.2 Å². The summed E-state index contributed by atoms with van der Waals surface area (Å²) in [6.45, 7) is 3.77. The smallest absolute Gasteiger partial charge is 0.273 e. The molecule has 1 aliphatic rings. The third-order valence-electron chi connectivity index (χ3n) is 4.49. The van der Waals surface area contributed by atoms with E-state index in [1.807, 2.05) is 19.9 Å². The van der Waals surface area contributed by atoms with Crippen molar-refractivity contribution in [1.82, 2.24) is 5.32 Å². The second-order valence-electron chi connectivity index (χ2n) is 6.71. The zero-order valence-electron chi connectivity index (χ0n) is 14.6. The number of nitro groups is 1. The highest BCUT2D eigenvalue weighted by Crippen LogP contribution is 2.28. The second kappa shape index (κ2) is 8.43. The molecule has 6 heteroatoms. The lowest BCUT2D eigenvalue weighted by atomic mass is 9.95. The SMILES string of the molecule is CC(C)c1ccc(/C=C(\C#N)C(=O)NC2CCCCC2)cc1[N+](=O)[O-]. The number of carbonyl (C=O) groups is 1. The van der Waals surface area contributed by atoms with Gasteiger partial charge in [-0.15, -0.1) is 0 Å². The normalized spacial score (nSPS) is 15.7. The highest BCUT2D eigenvalue weighted by Gasteiger charge is 2.20. The fourth-order valence-corrected chi connectivity index (χ4v) is 3.12. The molecule has 0 atom stereocenters. The van der Waals surface area contributed by atoms with Crippen molar-refractivity contribution in [3.8, 4) is 6.07 Å². The van der Waals surface area contributed by atoms with Gasteiger partial charge < -0.3 is 5.32 Å².